The molecule has 2 fully saturated rings. The van der Waals surface area contributed by atoms with Crippen molar-refractivity contribution in [3.8, 4) is 0 Å². The van der Waals surface area contributed by atoms with E-state index in [1.54, 1.807) is 0 Å². The smallest absolute Gasteiger partial charge is 0.350 e. The first-order chi connectivity index (χ1) is 6.63. The number of carbonyl (C=O) groups is 2. The molecule has 0 radical (unpaired) electrons. The summed E-state index contributed by atoms with van der Waals surface area (Å²) in [7, 11) is 0. The predicted molar refractivity (Wildman–Crippen MR) is 44.0 cm³/mol. The van der Waals surface area contributed by atoms with E-state index < -0.39 is 23.8 Å². The van der Waals surface area contributed by atoms with Crippen LogP contribution < -0.4 is 0 Å². The second kappa shape index (κ2) is 3.24. The maximum absolute atomic E-state index is 11.1. The zero-order valence-corrected chi connectivity index (χ0v) is 7.69. The third-order valence-corrected chi connectivity index (χ3v) is 2.64. The maximum Gasteiger partial charge on any atom is 0.350 e. The summed E-state index contributed by atoms with van der Waals surface area (Å²) in [5.74, 6) is -2.85. The van der Waals surface area contributed by atoms with Crippen LogP contribution in [0.4, 0.5) is 0 Å². The van der Waals surface area contributed by atoms with Crippen LogP contribution in [0, 0.1) is 0 Å². The van der Waals surface area contributed by atoms with Gasteiger partial charge in [-0.1, -0.05) is 6.42 Å². The first-order valence-electron chi connectivity index (χ1n) is 4.77. The minimum absolute atomic E-state index is 0.539. The molecule has 1 aliphatic heterocycles. The highest BCUT2D eigenvalue weighted by molar-refractivity contribution is 5.99. The first kappa shape index (κ1) is 9.45. The van der Waals surface area contributed by atoms with E-state index in [9.17, 15) is 9.59 Å². The van der Waals surface area contributed by atoms with Crippen LogP contribution in [-0.4, -0.2) is 28.9 Å². The van der Waals surface area contributed by atoms with Gasteiger partial charge in [-0.3, -0.25) is 0 Å². The third-order valence-electron chi connectivity index (χ3n) is 2.64. The SMILES string of the molecule is O=C1OC2(CCCCC2)OC(=O)C1O. The normalized spacial score (nSPS) is 27.2. The molecule has 0 aromatic rings. The molecule has 1 N–H and O–H groups in total. The summed E-state index contributed by atoms with van der Waals surface area (Å²) in [5.41, 5.74) is 0. The molecule has 1 saturated carbocycles. The van der Waals surface area contributed by atoms with Crippen LogP contribution in [0.1, 0.15) is 32.1 Å². The van der Waals surface area contributed by atoms with E-state index >= 15 is 0 Å². The quantitative estimate of drug-likeness (QED) is 0.443. The lowest BCUT2D eigenvalue weighted by Crippen LogP contribution is -2.53. The number of esters is 2. The standard InChI is InChI=1S/C9H12O5/c10-6-7(11)13-9(14-8(6)12)4-2-1-3-5-9/h6,10H,1-5H2. The number of ether oxygens (including phenoxy) is 2. The Labute approximate surface area is 81.0 Å². The van der Waals surface area contributed by atoms with Crippen LogP contribution in [0.3, 0.4) is 0 Å². The number of aliphatic hydroxyl groups is 1. The van der Waals surface area contributed by atoms with Crippen LogP contribution in [0.5, 0.6) is 0 Å². The van der Waals surface area contributed by atoms with Gasteiger partial charge in [-0.05, 0) is 12.8 Å². The van der Waals surface area contributed by atoms with Gasteiger partial charge in [0.2, 0.25) is 6.10 Å². The Balaban J connectivity index is 2.14. The first-order valence-corrected chi connectivity index (χ1v) is 4.77. The van der Waals surface area contributed by atoms with Crippen molar-refractivity contribution in [2.75, 3.05) is 0 Å². The van der Waals surface area contributed by atoms with Crippen molar-refractivity contribution in [1.82, 2.24) is 0 Å². The van der Waals surface area contributed by atoms with Crippen molar-refractivity contribution in [2.24, 2.45) is 0 Å². The second-order valence-electron chi connectivity index (χ2n) is 3.72. The Morgan fingerprint density at radius 3 is 2.07 bits per heavy atom. The zero-order valence-electron chi connectivity index (χ0n) is 7.69. The highest BCUT2D eigenvalue weighted by Crippen LogP contribution is 2.35. The van der Waals surface area contributed by atoms with Gasteiger partial charge >= 0.3 is 11.9 Å². The molecule has 5 nitrogen and oxygen atoms in total. The molecule has 0 amide bonds. The van der Waals surface area contributed by atoms with E-state index in [4.69, 9.17) is 14.6 Å². The van der Waals surface area contributed by atoms with Gasteiger partial charge in [0.05, 0.1) is 0 Å². The number of aliphatic hydroxyl groups excluding tert-OH is 1. The molecule has 0 atom stereocenters. The van der Waals surface area contributed by atoms with Crippen LogP contribution in [0.15, 0.2) is 0 Å². The van der Waals surface area contributed by atoms with E-state index in [0.717, 1.165) is 19.3 Å². The average molecular weight is 200 g/mol. The van der Waals surface area contributed by atoms with Gasteiger partial charge in [0, 0.05) is 12.8 Å². The average Bonchev–Trinajstić information content (AvgIpc) is 2.15. The Morgan fingerprint density at radius 2 is 1.57 bits per heavy atom. The summed E-state index contributed by atoms with van der Waals surface area (Å²) in [5, 5.41) is 9.01. The summed E-state index contributed by atoms with van der Waals surface area (Å²) in [6, 6.07) is 0. The number of carbonyl (C=O) groups excluding carboxylic acids is 2. The van der Waals surface area contributed by atoms with E-state index in [0.29, 0.717) is 12.8 Å². The van der Waals surface area contributed by atoms with Gasteiger partial charge in [0.15, 0.2) is 0 Å². The highest BCUT2D eigenvalue weighted by atomic mass is 16.8. The summed E-state index contributed by atoms with van der Waals surface area (Å²) in [6.45, 7) is 0. The van der Waals surface area contributed by atoms with Gasteiger partial charge in [-0.2, -0.15) is 0 Å². The lowest BCUT2D eigenvalue weighted by Gasteiger charge is -2.39. The largest absolute Gasteiger partial charge is 0.420 e. The van der Waals surface area contributed by atoms with Crippen molar-refractivity contribution >= 4 is 11.9 Å². The van der Waals surface area contributed by atoms with Gasteiger partial charge in [-0.15, -0.1) is 0 Å². The van der Waals surface area contributed by atoms with Crippen LogP contribution in [0.25, 0.3) is 0 Å². The molecule has 2 rings (SSSR count). The molecule has 2 aliphatic rings. The summed E-state index contributed by atoms with van der Waals surface area (Å²) in [6.07, 6.45) is 2.11. The summed E-state index contributed by atoms with van der Waals surface area (Å²) < 4.78 is 9.93. The van der Waals surface area contributed by atoms with E-state index in [1.165, 1.54) is 0 Å². The summed E-state index contributed by atoms with van der Waals surface area (Å²) in [4.78, 5) is 22.2. The molecular formula is C9H12O5. The van der Waals surface area contributed by atoms with Crippen LogP contribution in [-0.2, 0) is 19.1 Å². The van der Waals surface area contributed by atoms with Gasteiger partial charge in [0.1, 0.15) is 0 Å². The Morgan fingerprint density at radius 1 is 1.07 bits per heavy atom. The molecule has 5 heteroatoms. The molecule has 1 spiro atoms. The fourth-order valence-electron chi connectivity index (χ4n) is 1.89. The van der Waals surface area contributed by atoms with Crippen LogP contribution in [0.2, 0.25) is 0 Å². The van der Waals surface area contributed by atoms with Gasteiger partial charge < -0.3 is 14.6 Å². The highest BCUT2D eigenvalue weighted by Gasteiger charge is 2.48. The molecule has 1 saturated heterocycles. The van der Waals surface area contributed by atoms with E-state index in [2.05, 4.69) is 0 Å². The minimum atomic E-state index is -1.76. The zero-order chi connectivity index (χ0) is 10.2. The van der Waals surface area contributed by atoms with Crippen molar-refractivity contribution in [1.29, 1.82) is 0 Å². The van der Waals surface area contributed by atoms with Crippen LogP contribution >= 0.6 is 0 Å². The Kier molecular flexibility index (Phi) is 2.19. The molecule has 1 heterocycles. The number of hydrogen-bond donors (Lipinski definition) is 1. The number of hydrogen-bond acceptors (Lipinski definition) is 5. The monoisotopic (exact) mass is 200 g/mol. The lowest BCUT2D eigenvalue weighted by atomic mass is 9.93. The van der Waals surface area contributed by atoms with Crippen molar-refractivity contribution in [2.45, 2.75) is 44.0 Å². The molecule has 78 valence electrons. The van der Waals surface area contributed by atoms with Crippen molar-refractivity contribution < 1.29 is 24.2 Å². The van der Waals surface area contributed by atoms with E-state index in [-0.39, 0.29) is 0 Å². The maximum atomic E-state index is 11.1. The molecule has 0 bridgehead atoms. The molecular weight excluding hydrogens is 188 g/mol. The predicted octanol–water partition coefficient (Wildman–Crippen LogP) is 0.108. The third kappa shape index (κ3) is 1.48. The van der Waals surface area contributed by atoms with Gasteiger partial charge in [-0.25, -0.2) is 9.59 Å². The molecule has 0 aromatic heterocycles. The topological polar surface area (TPSA) is 72.8 Å². The molecule has 0 aromatic carbocycles. The molecule has 14 heavy (non-hydrogen) atoms. The fourth-order valence-corrected chi connectivity index (χ4v) is 1.89. The van der Waals surface area contributed by atoms with Crippen molar-refractivity contribution in [3.63, 3.8) is 0 Å². The number of rotatable bonds is 0. The fraction of sp³-hybridized carbons (Fsp3) is 0.778. The Bertz CT molecular complexity index is 246. The van der Waals surface area contributed by atoms with Crippen molar-refractivity contribution in [3.05, 3.63) is 0 Å². The van der Waals surface area contributed by atoms with E-state index in [1.807, 2.05) is 0 Å². The lowest BCUT2D eigenvalue weighted by molar-refractivity contribution is -0.265. The molecule has 1 aliphatic carbocycles. The Hall–Kier alpha value is -1.10. The minimum Gasteiger partial charge on any atom is -0.420 e. The summed E-state index contributed by atoms with van der Waals surface area (Å²) >= 11 is 0. The molecule has 0 unspecified atom stereocenters. The second-order valence-corrected chi connectivity index (χ2v) is 3.72. The van der Waals surface area contributed by atoms with Gasteiger partial charge in [0.25, 0.3) is 5.79 Å².